The Balaban J connectivity index is 2.29. The second-order valence-electron chi connectivity index (χ2n) is 3.46. The van der Waals surface area contributed by atoms with Crippen LogP contribution >= 0.6 is 22.7 Å². The van der Waals surface area contributed by atoms with Crippen molar-refractivity contribution < 1.29 is 0 Å². The molecule has 1 atom stereocenters. The van der Waals surface area contributed by atoms with Gasteiger partial charge in [0.25, 0.3) is 0 Å². The standard InChI is InChI=1S/C10H14N4S2/c1-4-7(11-3)9-13-14-10(16-9)8-6(2)12-5-15-8/h5,7,11H,4H2,1-3H3. The van der Waals surface area contributed by atoms with Crippen molar-refractivity contribution in [2.45, 2.75) is 26.3 Å². The van der Waals surface area contributed by atoms with Crippen LogP contribution in [0.4, 0.5) is 0 Å². The van der Waals surface area contributed by atoms with Crippen LogP contribution < -0.4 is 5.32 Å². The SMILES string of the molecule is CCC(NC)c1nnc(-c2scnc2C)s1. The lowest BCUT2D eigenvalue weighted by molar-refractivity contribution is 0.568. The van der Waals surface area contributed by atoms with E-state index in [9.17, 15) is 0 Å². The summed E-state index contributed by atoms with van der Waals surface area (Å²) in [6.07, 6.45) is 1.02. The normalized spacial score (nSPS) is 12.9. The monoisotopic (exact) mass is 254 g/mol. The minimum Gasteiger partial charge on any atom is -0.311 e. The van der Waals surface area contributed by atoms with E-state index in [1.807, 2.05) is 19.5 Å². The maximum Gasteiger partial charge on any atom is 0.159 e. The number of hydrogen-bond donors (Lipinski definition) is 1. The summed E-state index contributed by atoms with van der Waals surface area (Å²) in [7, 11) is 1.95. The van der Waals surface area contributed by atoms with Crippen molar-refractivity contribution in [3.63, 3.8) is 0 Å². The molecule has 1 unspecified atom stereocenters. The first-order valence-corrected chi connectivity index (χ1v) is 6.87. The third kappa shape index (κ3) is 2.14. The lowest BCUT2D eigenvalue weighted by atomic mass is 10.2. The zero-order valence-corrected chi connectivity index (χ0v) is 11.2. The first-order chi connectivity index (χ1) is 7.76. The van der Waals surface area contributed by atoms with Gasteiger partial charge < -0.3 is 5.32 Å². The summed E-state index contributed by atoms with van der Waals surface area (Å²) in [4.78, 5) is 5.36. The molecule has 0 aliphatic carbocycles. The van der Waals surface area contributed by atoms with Gasteiger partial charge in [-0.05, 0) is 20.4 Å². The summed E-state index contributed by atoms with van der Waals surface area (Å²) in [5.74, 6) is 0. The fourth-order valence-electron chi connectivity index (χ4n) is 1.48. The summed E-state index contributed by atoms with van der Waals surface area (Å²) in [5.41, 5.74) is 2.88. The smallest absolute Gasteiger partial charge is 0.159 e. The summed E-state index contributed by atoms with van der Waals surface area (Å²) in [6.45, 7) is 4.14. The number of rotatable bonds is 4. The molecule has 2 rings (SSSR count). The van der Waals surface area contributed by atoms with Crippen LogP contribution in [-0.4, -0.2) is 22.2 Å². The Morgan fingerprint density at radius 3 is 2.81 bits per heavy atom. The van der Waals surface area contributed by atoms with Crippen molar-refractivity contribution >= 4 is 22.7 Å². The van der Waals surface area contributed by atoms with E-state index in [0.29, 0.717) is 6.04 Å². The average molecular weight is 254 g/mol. The fraction of sp³-hybridized carbons (Fsp3) is 0.500. The van der Waals surface area contributed by atoms with Gasteiger partial charge in [0.2, 0.25) is 0 Å². The van der Waals surface area contributed by atoms with Crippen LogP contribution in [0.2, 0.25) is 0 Å². The van der Waals surface area contributed by atoms with Crippen LogP contribution in [0.3, 0.4) is 0 Å². The highest BCUT2D eigenvalue weighted by Gasteiger charge is 2.15. The lowest BCUT2D eigenvalue weighted by Crippen LogP contribution is -2.14. The number of hydrogen-bond acceptors (Lipinski definition) is 6. The van der Waals surface area contributed by atoms with Gasteiger partial charge in [0.05, 0.1) is 22.1 Å². The van der Waals surface area contributed by atoms with Gasteiger partial charge in [0.1, 0.15) is 5.01 Å². The van der Waals surface area contributed by atoms with E-state index in [-0.39, 0.29) is 0 Å². The molecule has 0 saturated carbocycles. The molecule has 0 amide bonds. The van der Waals surface area contributed by atoms with Gasteiger partial charge >= 0.3 is 0 Å². The second-order valence-corrected chi connectivity index (χ2v) is 5.33. The van der Waals surface area contributed by atoms with Gasteiger partial charge in [0, 0.05) is 0 Å². The molecule has 86 valence electrons. The molecule has 1 N–H and O–H groups in total. The van der Waals surface area contributed by atoms with Gasteiger partial charge in [-0.25, -0.2) is 4.98 Å². The molecule has 0 fully saturated rings. The largest absolute Gasteiger partial charge is 0.311 e. The van der Waals surface area contributed by atoms with Crippen molar-refractivity contribution in [3.8, 4) is 9.88 Å². The van der Waals surface area contributed by atoms with E-state index in [4.69, 9.17) is 0 Å². The molecule has 2 heterocycles. The van der Waals surface area contributed by atoms with Gasteiger partial charge in [-0.3, -0.25) is 0 Å². The van der Waals surface area contributed by atoms with Gasteiger partial charge in [-0.1, -0.05) is 18.3 Å². The predicted molar refractivity (Wildman–Crippen MR) is 67.8 cm³/mol. The number of nitrogens with one attached hydrogen (secondary N) is 1. The molecule has 2 aromatic rings. The Hall–Kier alpha value is -0.850. The van der Waals surface area contributed by atoms with Gasteiger partial charge in [-0.15, -0.1) is 21.5 Å². The Morgan fingerprint density at radius 1 is 1.44 bits per heavy atom. The van der Waals surface area contributed by atoms with Crippen molar-refractivity contribution in [2.75, 3.05) is 7.05 Å². The third-order valence-electron chi connectivity index (χ3n) is 2.44. The highest BCUT2D eigenvalue weighted by atomic mass is 32.1. The van der Waals surface area contributed by atoms with Crippen molar-refractivity contribution in [3.05, 3.63) is 16.2 Å². The third-order valence-corrected chi connectivity index (χ3v) is 4.55. The first-order valence-electron chi connectivity index (χ1n) is 5.17. The quantitative estimate of drug-likeness (QED) is 0.911. The number of nitrogens with zero attached hydrogens (tertiary/aromatic N) is 3. The predicted octanol–water partition coefficient (Wildman–Crippen LogP) is 2.64. The molecule has 0 spiro atoms. The molecular formula is C10H14N4S2. The summed E-state index contributed by atoms with van der Waals surface area (Å²) in [6, 6.07) is 0.305. The van der Waals surface area contributed by atoms with Gasteiger partial charge in [0.15, 0.2) is 5.01 Å². The Morgan fingerprint density at radius 2 is 2.25 bits per heavy atom. The van der Waals surface area contributed by atoms with E-state index < -0.39 is 0 Å². The molecule has 4 nitrogen and oxygen atoms in total. The molecule has 6 heteroatoms. The second kappa shape index (κ2) is 4.99. The molecule has 0 radical (unpaired) electrons. The molecule has 2 aromatic heterocycles. The zero-order valence-electron chi connectivity index (χ0n) is 9.52. The van der Waals surface area contributed by atoms with Crippen LogP contribution in [0.5, 0.6) is 0 Å². The van der Waals surface area contributed by atoms with Crippen LogP contribution in [-0.2, 0) is 0 Å². The summed E-state index contributed by atoms with van der Waals surface area (Å²) in [5, 5.41) is 13.7. The fourth-order valence-corrected chi connectivity index (χ4v) is 3.46. The maximum atomic E-state index is 4.24. The van der Waals surface area contributed by atoms with Gasteiger partial charge in [-0.2, -0.15) is 0 Å². The van der Waals surface area contributed by atoms with E-state index in [2.05, 4.69) is 27.4 Å². The highest BCUT2D eigenvalue weighted by Crippen LogP contribution is 2.32. The lowest BCUT2D eigenvalue weighted by Gasteiger charge is -2.07. The summed E-state index contributed by atoms with van der Waals surface area (Å²) >= 11 is 3.27. The Bertz CT molecular complexity index is 459. The number of aryl methyl sites for hydroxylation is 1. The number of aromatic nitrogens is 3. The molecule has 0 aromatic carbocycles. The van der Waals surface area contributed by atoms with E-state index in [0.717, 1.165) is 27.0 Å². The van der Waals surface area contributed by atoms with E-state index in [1.54, 1.807) is 22.7 Å². The molecule has 0 aliphatic heterocycles. The van der Waals surface area contributed by atoms with Crippen LogP contribution in [0.15, 0.2) is 5.51 Å². The van der Waals surface area contributed by atoms with Crippen molar-refractivity contribution in [1.82, 2.24) is 20.5 Å². The highest BCUT2D eigenvalue weighted by molar-refractivity contribution is 7.20. The minimum atomic E-state index is 0.305. The van der Waals surface area contributed by atoms with Crippen LogP contribution in [0, 0.1) is 6.92 Å². The van der Waals surface area contributed by atoms with E-state index >= 15 is 0 Å². The maximum absolute atomic E-state index is 4.24. The molecule has 16 heavy (non-hydrogen) atoms. The van der Waals surface area contributed by atoms with E-state index in [1.165, 1.54) is 0 Å². The molecule has 0 bridgehead atoms. The molecule has 0 aliphatic rings. The average Bonchev–Trinajstić information content (AvgIpc) is 2.89. The topological polar surface area (TPSA) is 50.7 Å². The number of thiazole rings is 1. The zero-order chi connectivity index (χ0) is 11.5. The first kappa shape index (κ1) is 11.6. The van der Waals surface area contributed by atoms with Crippen LogP contribution in [0.25, 0.3) is 9.88 Å². The molecule has 0 saturated heterocycles. The minimum absolute atomic E-state index is 0.305. The van der Waals surface area contributed by atoms with Crippen molar-refractivity contribution in [1.29, 1.82) is 0 Å². The van der Waals surface area contributed by atoms with Crippen LogP contribution in [0.1, 0.15) is 30.1 Å². The Labute approximate surface area is 103 Å². The molecular weight excluding hydrogens is 240 g/mol. The Kier molecular flexibility index (Phi) is 3.63. The van der Waals surface area contributed by atoms with Crippen molar-refractivity contribution in [2.24, 2.45) is 0 Å². The summed E-state index contributed by atoms with van der Waals surface area (Å²) < 4.78 is 0.